The number of nitrogens with zero attached hydrogens (tertiary/aromatic N) is 3. The Hall–Kier alpha value is -2.19. The highest BCUT2D eigenvalue weighted by atomic mass is 32.2. The summed E-state index contributed by atoms with van der Waals surface area (Å²) < 4.78 is 27.2. The molecule has 8 heteroatoms. The van der Waals surface area contributed by atoms with E-state index in [9.17, 15) is 13.2 Å². The van der Waals surface area contributed by atoms with Gasteiger partial charge in [0.2, 0.25) is 15.9 Å². The Morgan fingerprint density at radius 1 is 1.08 bits per heavy atom. The Morgan fingerprint density at radius 3 is 2.42 bits per heavy atom. The lowest BCUT2D eigenvalue weighted by atomic mass is 10.2. The number of para-hydroxylation sites is 1. The van der Waals surface area contributed by atoms with Crippen LogP contribution >= 0.6 is 0 Å². The van der Waals surface area contributed by atoms with Gasteiger partial charge < -0.3 is 4.90 Å². The van der Waals surface area contributed by atoms with Gasteiger partial charge in [0.05, 0.1) is 11.4 Å². The van der Waals surface area contributed by atoms with E-state index in [1.807, 2.05) is 30.3 Å². The third kappa shape index (κ3) is 2.94. The number of carbonyl (C=O) groups is 1. The fraction of sp³-hybridized carbons (Fsp3) is 0.375. The number of hydrogen-bond donors (Lipinski definition) is 1. The molecule has 1 fully saturated rings. The van der Waals surface area contributed by atoms with Crippen LogP contribution in [0.15, 0.2) is 35.2 Å². The molecule has 7 nitrogen and oxygen atoms in total. The van der Waals surface area contributed by atoms with E-state index in [4.69, 9.17) is 0 Å². The highest BCUT2D eigenvalue weighted by molar-refractivity contribution is 7.89. The van der Waals surface area contributed by atoms with Gasteiger partial charge in [0, 0.05) is 31.7 Å². The minimum absolute atomic E-state index is 0.0699. The molecule has 2 aromatic rings. The maximum absolute atomic E-state index is 12.9. The SMILES string of the molecule is Cc1n[nH]c(C)c1S(=O)(=O)N1CCC(=O)N(c2ccccc2)CC1. The number of benzene rings is 1. The Kier molecular flexibility index (Phi) is 4.42. The number of aromatic nitrogens is 2. The van der Waals surface area contributed by atoms with Crippen LogP contribution < -0.4 is 4.90 Å². The van der Waals surface area contributed by atoms with Crippen LogP contribution in [-0.2, 0) is 14.8 Å². The molecule has 0 spiro atoms. The van der Waals surface area contributed by atoms with Crippen molar-refractivity contribution in [2.45, 2.75) is 25.2 Å². The van der Waals surface area contributed by atoms with Crippen molar-refractivity contribution in [3.05, 3.63) is 41.7 Å². The first-order chi connectivity index (χ1) is 11.4. The van der Waals surface area contributed by atoms with E-state index < -0.39 is 10.0 Å². The third-order valence-corrected chi connectivity index (χ3v) is 6.34. The predicted molar refractivity (Wildman–Crippen MR) is 90.2 cm³/mol. The summed E-state index contributed by atoms with van der Waals surface area (Å²) in [5, 5.41) is 6.68. The average Bonchev–Trinajstić information content (AvgIpc) is 2.78. The van der Waals surface area contributed by atoms with Crippen molar-refractivity contribution in [3.63, 3.8) is 0 Å². The molecular formula is C16H20N4O3S. The normalized spacial score (nSPS) is 17.1. The molecule has 0 unspecified atom stereocenters. The number of amides is 1. The summed E-state index contributed by atoms with van der Waals surface area (Å²) >= 11 is 0. The van der Waals surface area contributed by atoms with E-state index in [0.717, 1.165) is 5.69 Å². The van der Waals surface area contributed by atoms with Gasteiger partial charge in [0.15, 0.2) is 0 Å². The van der Waals surface area contributed by atoms with Crippen LogP contribution in [0.2, 0.25) is 0 Å². The van der Waals surface area contributed by atoms with E-state index in [1.54, 1.807) is 18.7 Å². The second-order valence-corrected chi connectivity index (χ2v) is 7.67. The molecule has 1 amide bonds. The van der Waals surface area contributed by atoms with Crippen LogP contribution in [0.4, 0.5) is 5.69 Å². The van der Waals surface area contributed by atoms with Crippen LogP contribution in [0.25, 0.3) is 0 Å². The highest BCUT2D eigenvalue weighted by Crippen LogP contribution is 2.24. The number of aryl methyl sites for hydroxylation is 2. The smallest absolute Gasteiger partial charge is 0.246 e. The van der Waals surface area contributed by atoms with E-state index in [0.29, 0.717) is 17.9 Å². The van der Waals surface area contributed by atoms with Crippen LogP contribution in [0.5, 0.6) is 0 Å². The second kappa shape index (κ2) is 6.37. The number of nitrogens with one attached hydrogen (secondary N) is 1. The van der Waals surface area contributed by atoms with Gasteiger partial charge in [-0.3, -0.25) is 9.89 Å². The molecule has 2 heterocycles. The van der Waals surface area contributed by atoms with E-state index in [2.05, 4.69) is 10.2 Å². The molecule has 24 heavy (non-hydrogen) atoms. The summed E-state index contributed by atoms with van der Waals surface area (Å²) in [6, 6.07) is 9.31. The van der Waals surface area contributed by atoms with E-state index in [-0.39, 0.29) is 30.3 Å². The largest absolute Gasteiger partial charge is 0.311 e. The van der Waals surface area contributed by atoms with Gasteiger partial charge >= 0.3 is 0 Å². The van der Waals surface area contributed by atoms with Crippen molar-refractivity contribution in [1.82, 2.24) is 14.5 Å². The zero-order chi connectivity index (χ0) is 17.3. The van der Waals surface area contributed by atoms with E-state index in [1.165, 1.54) is 4.31 Å². The van der Waals surface area contributed by atoms with Crippen molar-refractivity contribution in [1.29, 1.82) is 0 Å². The first kappa shape index (κ1) is 16.7. The lowest BCUT2D eigenvalue weighted by molar-refractivity contribution is -0.118. The molecule has 0 aliphatic carbocycles. The topological polar surface area (TPSA) is 86.4 Å². The first-order valence-electron chi connectivity index (χ1n) is 7.78. The molecular weight excluding hydrogens is 328 g/mol. The molecule has 128 valence electrons. The van der Waals surface area contributed by atoms with Crippen molar-refractivity contribution in [2.75, 3.05) is 24.5 Å². The van der Waals surface area contributed by atoms with Crippen molar-refractivity contribution >= 4 is 21.6 Å². The average molecular weight is 348 g/mol. The summed E-state index contributed by atoms with van der Waals surface area (Å²) in [5.41, 5.74) is 1.75. The second-order valence-electron chi connectivity index (χ2n) is 5.80. The van der Waals surface area contributed by atoms with Crippen LogP contribution in [0.3, 0.4) is 0 Å². The van der Waals surface area contributed by atoms with Gasteiger partial charge in [-0.05, 0) is 26.0 Å². The minimum Gasteiger partial charge on any atom is -0.311 e. The molecule has 3 rings (SSSR count). The van der Waals surface area contributed by atoms with Crippen molar-refractivity contribution in [3.8, 4) is 0 Å². The van der Waals surface area contributed by atoms with Crippen LogP contribution in [-0.4, -0.2) is 48.5 Å². The van der Waals surface area contributed by atoms with E-state index >= 15 is 0 Å². The van der Waals surface area contributed by atoms with Crippen molar-refractivity contribution in [2.24, 2.45) is 0 Å². The zero-order valence-electron chi connectivity index (χ0n) is 13.7. The molecule has 0 radical (unpaired) electrons. The fourth-order valence-corrected chi connectivity index (χ4v) is 4.74. The molecule has 1 aromatic heterocycles. The Morgan fingerprint density at radius 2 is 1.79 bits per heavy atom. The molecule has 0 atom stereocenters. The number of anilines is 1. The number of sulfonamides is 1. The highest BCUT2D eigenvalue weighted by Gasteiger charge is 2.33. The van der Waals surface area contributed by atoms with Gasteiger partial charge in [-0.25, -0.2) is 8.42 Å². The molecule has 1 N–H and O–H groups in total. The monoisotopic (exact) mass is 348 g/mol. The van der Waals surface area contributed by atoms with Crippen LogP contribution in [0, 0.1) is 13.8 Å². The molecule has 1 aliphatic heterocycles. The lowest BCUT2D eigenvalue weighted by Gasteiger charge is -2.22. The molecule has 0 bridgehead atoms. The maximum Gasteiger partial charge on any atom is 0.246 e. The van der Waals surface area contributed by atoms with Gasteiger partial charge in [-0.15, -0.1) is 0 Å². The molecule has 1 saturated heterocycles. The quantitative estimate of drug-likeness (QED) is 0.910. The first-order valence-corrected chi connectivity index (χ1v) is 9.22. The number of hydrogen-bond acceptors (Lipinski definition) is 4. The van der Waals surface area contributed by atoms with Gasteiger partial charge in [-0.2, -0.15) is 9.40 Å². The van der Waals surface area contributed by atoms with Gasteiger partial charge in [0.1, 0.15) is 4.90 Å². The Bertz CT molecular complexity index is 826. The third-order valence-electron chi connectivity index (χ3n) is 4.18. The number of H-pyrrole nitrogens is 1. The summed E-state index contributed by atoms with van der Waals surface area (Å²) in [4.78, 5) is 14.2. The predicted octanol–water partition coefficient (Wildman–Crippen LogP) is 1.45. The van der Waals surface area contributed by atoms with Crippen molar-refractivity contribution < 1.29 is 13.2 Å². The van der Waals surface area contributed by atoms with Gasteiger partial charge in [0.25, 0.3) is 0 Å². The minimum atomic E-state index is -3.67. The summed E-state index contributed by atoms with van der Waals surface area (Å²) in [7, 11) is -3.67. The van der Waals surface area contributed by atoms with Crippen LogP contribution in [0.1, 0.15) is 17.8 Å². The molecule has 0 saturated carbocycles. The summed E-state index contributed by atoms with van der Waals surface area (Å²) in [6.07, 6.45) is 0.157. The molecule has 1 aromatic carbocycles. The standard InChI is InChI=1S/C16H20N4O3S/c1-12-16(13(2)18-17-12)24(22,23)19-9-8-15(21)20(11-10-19)14-6-4-3-5-7-14/h3-7H,8-11H2,1-2H3,(H,17,18). The lowest BCUT2D eigenvalue weighted by Crippen LogP contribution is -2.36. The number of aromatic amines is 1. The summed E-state index contributed by atoms with van der Waals surface area (Å²) in [5.74, 6) is -0.0699. The Balaban J connectivity index is 1.87. The summed E-state index contributed by atoms with van der Waals surface area (Å²) in [6.45, 7) is 4.11. The van der Waals surface area contributed by atoms with Gasteiger partial charge in [-0.1, -0.05) is 18.2 Å². The number of carbonyl (C=O) groups excluding carboxylic acids is 1. The maximum atomic E-state index is 12.9. The Labute approximate surface area is 141 Å². The molecule has 1 aliphatic rings. The zero-order valence-corrected chi connectivity index (χ0v) is 14.5. The fourth-order valence-electron chi connectivity index (χ4n) is 2.97. The number of rotatable bonds is 3.